The fourth-order valence-electron chi connectivity index (χ4n) is 1.74. The third kappa shape index (κ3) is 4.56. The van der Waals surface area contributed by atoms with Gasteiger partial charge >= 0.3 is 0 Å². The van der Waals surface area contributed by atoms with Gasteiger partial charge in [-0.25, -0.2) is 4.98 Å². The first-order valence-electron chi connectivity index (χ1n) is 6.87. The van der Waals surface area contributed by atoms with Crippen LogP contribution < -0.4 is 10.1 Å². The molecule has 21 heavy (non-hydrogen) atoms. The van der Waals surface area contributed by atoms with E-state index in [9.17, 15) is 4.79 Å². The average molecular weight is 285 g/mol. The molecule has 0 radical (unpaired) electrons. The fraction of sp³-hybridized carbons (Fsp3) is 0.312. The Morgan fingerprint density at radius 3 is 2.48 bits per heavy atom. The van der Waals surface area contributed by atoms with Crippen molar-refractivity contribution in [2.75, 3.05) is 0 Å². The van der Waals surface area contributed by atoms with Gasteiger partial charge in [-0.15, -0.1) is 0 Å². The Morgan fingerprint density at radius 2 is 1.90 bits per heavy atom. The van der Waals surface area contributed by atoms with Crippen LogP contribution in [0.25, 0.3) is 0 Å². The zero-order chi connectivity index (χ0) is 15.2. The summed E-state index contributed by atoms with van der Waals surface area (Å²) >= 11 is 0. The molecule has 0 unspecified atom stereocenters. The Balaban J connectivity index is 1.90. The first-order chi connectivity index (χ1) is 10.0. The van der Waals surface area contributed by atoms with Gasteiger partial charge in [0.2, 0.25) is 0 Å². The van der Waals surface area contributed by atoms with Crippen molar-refractivity contribution < 1.29 is 9.53 Å². The Hall–Kier alpha value is -2.43. The summed E-state index contributed by atoms with van der Waals surface area (Å²) in [5, 5.41) is 2.81. The molecule has 5 heteroatoms. The van der Waals surface area contributed by atoms with Crippen molar-refractivity contribution in [3.63, 3.8) is 0 Å². The number of amides is 1. The summed E-state index contributed by atoms with van der Waals surface area (Å²) in [6, 6.07) is 7.65. The van der Waals surface area contributed by atoms with Crippen molar-refractivity contribution in [3.8, 4) is 5.75 Å². The summed E-state index contributed by atoms with van der Waals surface area (Å²) in [5.74, 6) is 0.592. The third-order valence-corrected chi connectivity index (χ3v) is 2.76. The van der Waals surface area contributed by atoms with E-state index in [0.29, 0.717) is 12.2 Å². The molecule has 0 bridgehead atoms. The zero-order valence-electron chi connectivity index (χ0n) is 12.5. The second-order valence-electron chi connectivity index (χ2n) is 5.04. The molecule has 2 rings (SSSR count). The Morgan fingerprint density at radius 1 is 1.19 bits per heavy atom. The number of nitrogens with zero attached hydrogens (tertiary/aromatic N) is 2. The summed E-state index contributed by atoms with van der Waals surface area (Å²) in [6.07, 6.45) is 3.20. The van der Waals surface area contributed by atoms with E-state index in [1.165, 1.54) is 6.20 Å². The van der Waals surface area contributed by atoms with Crippen LogP contribution in [0.3, 0.4) is 0 Å². The smallest absolute Gasteiger partial charge is 0.271 e. The highest BCUT2D eigenvalue weighted by Crippen LogP contribution is 2.13. The lowest BCUT2D eigenvalue weighted by molar-refractivity contribution is 0.0945. The predicted molar refractivity (Wildman–Crippen MR) is 80.1 cm³/mol. The van der Waals surface area contributed by atoms with Crippen LogP contribution in [0.2, 0.25) is 0 Å². The number of hydrogen-bond acceptors (Lipinski definition) is 4. The lowest BCUT2D eigenvalue weighted by atomic mass is 10.2. The quantitative estimate of drug-likeness (QED) is 0.916. The minimum atomic E-state index is -0.231. The summed E-state index contributed by atoms with van der Waals surface area (Å²) in [4.78, 5) is 20.0. The molecule has 0 saturated carbocycles. The maximum absolute atomic E-state index is 11.9. The highest BCUT2D eigenvalue weighted by molar-refractivity contribution is 5.91. The number of nitrogens with one attached hydrogen (secondary N) is 1. The van der Waals surface area contributed by atoms with Gasteiger partial charge in [0.15, 0.2) is 0 Å². The molecule has 110 valence electrons. The summed E-state index contributed by atoms with van der Waals surface area (Å²) < 4.78 is 5.57. The van der Waals surface area contributed by atoms with Gasteiger partial charge in [-0.2, -0.15) is 0 Å². The Kier molecular flexibility index (Phi) is 4.87. The first-order valence-corrected chi connectivity index (χ1v) is 6.87. The standard InChI is InChI=1S/C16H19N3O2/c1-11(2)21-14-6-4-13(5-7-14)9-19-16(20)15-10-17-12(3)8-18-15/h4-8,10-11H,9H2,1-3H3,(H,19,20). The van der Waals surface area contributed by atoms with Crippen molar-refractivity contribution >= 4 is 5.91 Å². The molecule has 0 aliphatic heterocycles. The van der Waals surface area contributed by atoms with Crippen LogP contribution in [0.15, 0.2) is 36.7 Å². The molecule has 1 heterocycles. The van der Waals surface area contributed by atoms with Crippen LogP contribution in [0.4, 0.5) is 0 Å². The number of benzene rings is 1. The highest BCUT2D eigenvalue weighted by atomic mass is 16.5. The molecular formula is C16H19N3O2. The number of carbonyl (C=O) groups excluding carboxylic acids is 1. The molecule has 0 saturated heterocycles. The van der Waals surface area contributed by atoms with E-state index in [1.807, 2.05) is 45.0 Å². The van der Waals surface area contributed by atoms with Crippen molar-refractivity contribution in [2.45, 2.75) is 33.4 Å². The molecule has 1 amide bonds. The zero-order valence-corrected chi connectivity index (χ0v) is 12.5. The van der Waals surface area contributed by atoms with Crippen LogP contribution in [0.1, 0.15) is 35.6 Å². The van der Waals surface area contributed by atoms with Gasteiger partial charge in [0.05, 0.1) is 18.0 Å². The Bertz CT molecular complexity index is 592. The first kappa shape index (κ1) is 15.0. The van der Waals surface area contributed by atoms with Gasteiger partial charge in [-0.1, -0.05) is 12.1 Å². The molecular weight excluding hydrogens is 266 g/mol. The van der Waals surface area contributed by atoms with Crippen molar-refractivity contribution in [3.05, 3.63) is 53.6 Å². The summed E-state index contributed by atoms with van der Waals surface area (Å²) in [7, 11) is 0. The largest absolute Gasteiger partial charge is 0.491 e. The number of aromatic nitrogens is 2. The van der Waals surface area contributed by atoms with E-state index >= 15 is 0 Å². The predicted octanol–water partition coefficient (Wildman–Crippen LogP) is 2.50. The number of rotatable bonds is 5. The van der Waals surface area contributed by atoms with Crippen LogP contribution >= 0.6 is 0 Å². The normalized spacial score (nSPS) is 10.5. The summed E-state index contributed by atoms with van der Waals surface area (Å²) in [6.45, 7) is 6.24. The van der Waals surface area contributed by atoms with E-state index in [4.69, 9.17) is 4.74 Å². The van der Waals surface area contributed by atoms with Crippen LogP contribution in [-0.4, -0.2) is 22.0 Å². The van der Waals surface area contributed by atoms with Gasteiger partial charge in [0.25, 0.3) is 5.91 Å². The number of hydrogen-bond donors (Lipinski definition) is 1. The van der Waals surface area contributed by atoms with E-state index in [2.05, 4.69) is 15.3 Å². The SMILES string of the molecule is Cc1cnc(C(=O)NCc2ccc(OC(C)C)cc2)cn1. The number of carbonyl (C=O) groups is 1. The van der Waals surface area contributed by atoms with Crippen LogP contribution in [0, 0.1) is 6.92 Å². The van der Waals surface area contributed by atoms with E-state index in [-0.39, 0.29) is 12.0 Å². The molecule has 1 N–H and O–H groups in total. The average Bonchev–Trinajstić information content (AvgIpc) is 2.46. The van der Waals surface area contributed by atoms with E-state index in [0.717, 1.165) is 17.0 Å². The van der Waals surface area contributed by atoms with Gasteiger partial charge in [0, 0.05) is 12.7 Å². The van der Waals surface area contributed by atoms with E-state index in [1.54, 1.807) is 6.20 Å². The summed E-state index contributed by atoms with van der Waals surface area (Å²) in [5.41, 5.74) is 2.10. The van der Waals surface area contributed by atoms with Gasteiger partial charge < -0.3 is 10.1 Å². The van der Waals surface area contributed by atoms with Crippen molar-refractivity contribution in [1.29, 1.82) is 0 Å². The monoisotopic (exact) mass is 285 g/mol. The molecule has 0 aliphatic carbocycles. The topological polar surface area (TPSA) is 64.1 Å². The van der Waals surface area contributed by atoms with Crippen LogP contribution in [-0.2, 0) is 6.54 Å². The van der Waals surface area contributed by atoms with Crippen molar-refractivity contribution in [2.24, 2.45) is 0 Å². The highest BCUT2D eigenvalue weighted by Gasteiger charge is 2.07. The fourth-order valence-corrected chi connectivity index (χ4v) is 1.74. The lowest BCUT2D eigenvalue weighted by Gasteiger charge is -2.10. The molecule has 0 fully saturated rings. The second-order valence-corrected chi connectivity index (χ2v) is 5.04. The molecule has 1 aromatic carbocycles. The minimum absolute atomic E-state index is 0.149. The minimum Gasteiger partial charge on any atom is -0.491 e. The maximum atomic E-state index is 11.9. The third-order valence-electron chi connectivity index (χ3n) is 2.76. The van der Waals surface area contributed by atoms with Crippen molar-refractivity contribution in [1.82, 2.24) is 15.3 Å². The molecule has 2 aromatic rings. The second kappa shape index (κ2) is 6.83. The maximum Gasteiger partial charge on any atom is 0.271 e. The van der Waals surface area contributed by atoms with Gasteiger partial charge in [-0.3, -0.25) is 9.78 Å². The van der Waals surface area contributed by atoms with Gasteiger partial charge in [0.1, 0.15) is 11.4 Å². The van der Waals surface area contributed by atoms with Gasteiger partial charge in [-0.05, 0) is 38.5 Å². The molecule has 0 atom stereocenters. The Labute approximate surface area is 124 Å². The molecule has 5 nitrogen and oxygen atoms in total. The number of aryl methyl sites for hydroxylation is 1. The molecule has 0 spiro atoms. The molecule has 1 aromatic heterocycles. The molecule has 0 aliphatic rings. The lowest BCUT2D eigenvalue weighted by Crippen LogP contribution is -2.24. The van der Waals surface area contributed by atoms with E-state index < -0.39 is 0 Å². The van der Waals surface area contributed by atoms with Crippen LogP contribution in [0.5, 0.6) is 5.75 Å². The number of ether oxygens (including phenoxy) is 1.